The van der Waals surface area contributed by atoms with Gasteiger partial charge in [0.2, 0.25) is 0 Å². The van der Waals surface area contributed by atoms with E-state index in [1.165, 1.54) is 5.57 Å². The van der Waals surface area contributed by atoms with Crippen LogP contribution in [-0.4, -0.2) is 35.7 Å². The normalized spacial score (nSPS) is 15.3. The molecule has 2 rings (SSSR count). The Labute approximate surface area is 107 Å². The fourth-order valence-corrected chi connectivity index (χ4v) is 2.21. The fraction of sp³-hybridized carbons (Fsp3) is 0.538. The van der Waals surface area contributed by atoms with Gasteiger partial charge < -0.3 is 10.6 Å². The number of aromatic nitrogens is 2. The molecular formula is C13H20N4O. The molecule has 1 aromatic heterocycles. The van der Waals surface area contributed by atoms with Crippen molar-refractivity contribution in [3.8, 4) is 0 Å². The molecular weight excluding hydrogens is 228 g/mol. The number of hydrogen-bond donors (Lipinski definition) is 3. The summed E-state index contributed by atoms with van der Waals surface area (Å²) in [6.07, 6.45) is 4.23. The number of carbonyl (C=O) groups excluding carboxylic acids is 1. The molecule has 1 aliphatic heterocycles. The number of aryl methyl sites for hydroxylation is 2. The molecule has 1 amide bonds. The molecule has 0 atom stereocenters. The average molecular weight is 248 g/mol. The van der Waals surface area contributed by atoms with Gasteiger partial charge in [-0.25, -0.2) is 0 Å². The number of aromatic amines is 1. The summed E-state index contributed by atoms with van der Waals surface area (Å²) in [5.74, 6) is -0.0340. The van der Waals surface area contributed by atoms with E-state index in [2.05, 4.69) is 26.9 Å². The number of nitrogens with zero attached hydrogens (tertiary/aromatic N) is 1. The zero-order chi connectivity index (χ0) is 13.0. The zero-order valence-corrected chi connectivity index (χ0v) is 11.0. The smallest absolute Gasteiger partial charge is 0.255 e. The lowest BCUT2D eigenvalue weighted by Crippen LogP contribution is -2.27. The van der Waals surface area contributed by atoms with E-state index in [1.807, 2.05) is 13.8 Å². The predicted octanol–water partition coefficient (Wildman–Crippen LogP) is 1.07. The Morgan fingerprint density at radius 2 is 2.33 bits per heavy atom. The molecule has 3 N–H and O–H groups in total. The van der Waals surface area contributed by atoms with E-state index in [0.29, 0.717) is 12.1 Å². The highest BCUT2D eigenvalue weighted by molar-refractivity contribution is 5.96. The van der Waals surface area contributed by atoms with Crippen LogP contribution in [0.15, 0.2) is 11.6 Å². The average Bonchev–Trinajstić information content (AvgIpc) is 2.70. The van der Waals surface area contributed by atoms with Crippen LogP contribution in [0.4, 0.5) is 0 Å². The summed E-state index contributed by atoms with van der Waals surface area (Å²) in [5.41, 5.74) is 3.68. The lowest BCUT2D eigenvalue weighted by atomic mass is 10.1. The van der Waals surface area contributed by atoms with E-state index in [9.17, 15) is 4.79 Å². The number of rotatable bonds is 4. The van der Waals surface area contributed by atoms with Gasteiger partial charge in [-0.3, -0.25) is 9.89 Å². The molecule has 0 radical (unpaired) electrons. The second-order valence-corrected chi connectivity index (χ2v) is 4.63. The van der Waals surface area contributed by atoms with Gasteiger partial charge in [-0.2, -0.15) is 5.10 Å². The van der Waals surface area contributed by atoms with E-state index >= 15 is 0 Å². The molecule has 5 heteroatoms. The third-order valence-corrected chi connectivity index (χ3v) is 3.24. The molecule has 1 aliphatic rings. The first-order valence-corrected chi connectivity index (χ1v) is 6.37. The van der Waals surface area contributed by atoms with E-state index < -0.39 is 0 Å². The number of carbonyl (C=O) groups is 1. The summed E-state index contributed by atoms with van der Waals surface area (Å²) in [6.45, 7) is 6.38. The minimum absolute atomic E-state index is 0.0340. The van der Waals surface area contributed by atoms with Crippen LogP contribution in [0.2, 0.25) is 0 Å². The standard InChI is InChI=1S/C13H20N4O/c1-9-12(10(2)17-16-9)13(18)15-8-5-11-3-6-14-7-4-11/h3,14H,4-8H2,1-2H3,(H,15,18)(H,16,17). The summed E-state index contributed by atoms with van der Waals surface area (Å²) < 4.78 is 0. The minimum atomic E-state index is -0.0340. The van der Waals surface area contributed by atoms with Crippen LogP contribution in [0.5, 0.6) is 0 Å². The van der Waals surface area contributed by atoms with E-state index in [0.717, 1.165) is 37.3 Å². The zero-order valence-electron chi connectivity index (χ0n) is 11.0. The van der Waals surface area contributed by atoms with Crippen molar-refractivity contribution >= 4 is 5.91 Å². The minimum Gasteiger partial charge on any atom is -0.352 e. The van der Waals surface area contributed by atoms with Gasteiger partial charge in [0.1, 0.15) is 0 Å². The quantitative estimate of drug-likeness (QED) is 0.698. The van der Waals surface area contributed by atoms with Gasteiger partial charge in [-0.1, -0.05) is 11.6 Å². The van der Waals surface area contributed by atoms with Gasteiger partial charge >= 0.3 is 0 Å². The maximum absolute atomic E-state index is 12.0. The van der Waals surface area contributed by atoms with E-state index in [-0.39, 0.29) is 5.91 Å². The lowest BCUT2D eigenvalue weighted by Gasteiger charge is -2.14. The Bertz CT molecular complexity index is 442. The van der Waals surface area contributed by atoms with Crippen LogP contribution in [0.25, 0.3) is 0 Å². The molecule has 0 saturated carbocycles. The molecule has 0 aromatic carbocycles. The van der Waals surface area contributed by atoms with Crippen molar-refractivity contribution in [3.63, 3.8) is 0 Å². The molecule has 0 bridgehead atoms. The Hall–Kier alpha value is -1.62. The first kappa shape index (κ1) is 12.8. The van der Waals surface area contributed by atoms with Gasteiger partial charge in [-0.05, 0) is 33.2 Å². The van der Waals surface area contributed by atoms with Crippen molar-refractivity contribution in [1.29, 1.82) is 0 Å². The molecule has 98 valence electrons. The highest BCUT2D eigenvalue weighted by Gasteiger charge is 2.14. The van der Waals surface area contributed by atoms with Crippen LogP contribution in [0, 0.1) is 13.8 Å². The van der Waals surface area contributed by atoms with Crippen molar-refractivity contribution < 1.29 is 4.79 Å². The van der Waals surface area contributed by atoms with Gasteiger partial charge in [0.05, 0.1) is 11.3 Å². The first-order valence-electron chi connectivity index (χ1n) is 6.37. The Morgan fingerprint density at radius 3 is 2.94 bits per heavy atom. The monoisotopic (exact) mass is 248 g/mol. The second kappa shape index (κ2) is 5.82. The molecule has 0 saturated heterocycles. The van der Waals surface area contributed by atoms with Gasteiger partial charge in [0, 0.05) is 18.8 Å². The summed E-state index contributed by atoms with van der Waals surface area (Å²) in [5, 5.41) is 13.1. The van der Waals surface area contributed by atoms with Crippen LogP contribution < -0.4 is 10.6 Å². The number of nitrogens with one attached hydrogen (secondary N) is 3. The second-order valence-electron chi connectivity index (χ2n) is 4.63. The fourth-order valence-electron chi connectivity index (χ4n) is 2.21. The van der Waals surface area contributed by atoms with E-state index in [1.54, 1.807) is 0 Å². The molecule has 0 aliphatic carbocycles. The summed E-state index contributed by atoms with van der Waals surface area (Å²) in [4.78, 5) is 12.0. The molecule has 18 heavy (non-hydrogen) atoms. The molecule has 1 aromatic rings. The van der Waals surface area contributed by atoms with Crippen LogP contribution in [0.3, 0.4) is 0 Å². The van der Waals surface area contributed by atoms with Crippen molar-refractivity contribution in [1.82, 2.24) is 20.8 Å². The van der Waals surface area contributed by atoms with Gasteiger partial charge in [-0.15, -0.1) is 0 Å². The maximum atomic E-state index is 12.0. The third-order valence-electron chi connectivity index (χ3n) is 3.24. The summed E-state index contributed by atoms with van der Waals surface area (Å²) in [7, 11) is 0. The van der Waals surface area contributed by atoms with E-state index in [4.69, 9.17) is 0 Å². The number of amides is 1. The van der Waals surface area contributed by atoms with Crippen LogP contribution in [-0.2, 0) is 0 Å². The molecule has 0 fully saturated rings. The Morgan fingerprint density at radius 1 is 1.50 bits per heavy atom. The molecule has 0 spiro atoms. The highest BCUT2D eigenvalue weighted by atomic mass is 16.1. The maximum Gasteiger partial charge on any atom is 0.255 e. The molecule has 0 unspecified atom stereocenters. The van der Waals surface area contributed by atoms with Crippen LogP contribution >= 0.6 is 0 Å². The lowest BCUT2D eigenvalue weighted by molar-refractivity contribution is 0.0953. The van der Waals surface area contributed by atoms with Gasteiger partial charge in [0.25, 0.3) is 5.91 Å². The van der Waals surface area contributed by atoms with Crippen molar-refractivity contribution in [2.24, 2.45) is 0 Å². The predicted molar refractivity (Wildman–Crippen MR) is 70.6 cm³/mol. The first-order chi connectivity index (χ1) is 8.68. The third kappa shape index (κ3) is 2.98. The largest absolute Gasteiger partial charge is 0.352 e. The number of hydrogen-bond acceptors (Lipinski definition) is 3. The van der Waals surface area contributed by atoms with Crippen molar-refractivity contribution in [3.05, 3.63) is 28.6 Å². The SMILES string of the molecule is Cc1n[nH]c(C)c1C(=O)NCCC1=CCNCC1. The Kier molecular flexibility index (Phi) is 4.15. The highest BCUT2D eigenvalue weighted by Crippen LogP contribution is 2.10. The van der Waals surface area contributed by atoms with Crippen LogP contribution in [0.1, 0.15) is 34.6 Å². The summed E-state index contributed by atoms with van der Waals surface area (Å²) in [6, 6.07) is 0. The Balaban J connectivity index is 1.83. The molecule has 5 nitrogen and oxygen atoms in total. The van der Waals surface area contributed by atoms with Crippen molar-refractivity contribution in [2.75, 3.05) is 19.6 Å². The summed E-state index contributed by atoms with van der Waals surface area (Å²) >= 11 is 0. The van der Waals surface area contributed by atoms with Crippen molar-refractivity contribution in [2.45, 2.75) is 26.7 Å². The van der Waals surface area contributed by atoms with Gasteiger partial charge in [0.15, 0.2) is 0 Å². The molecule has 2 heterocycles. The number of H-pyrrole nitrogens is 1. The topological polar surface area (TPSA) is 69.8 Å².